The minimum atomic E-state index is -3.19. The number of alkyl halides is 2. The monoisotopic (exact) mass is 208 g/mol. The van der Waals surface area contributed by atoms with E-state index in [2.05, 4.69) is 10.7 Å². The first-order valence-electron chi connectivity index (χ1n) is 3.37. The topological polar surface area (TPSA) is 56.0 Å². The number of hydrogen-bond donors (Lipinski definition) is 1. The molecule has 1 rings (SSSR count). The molecule has 1 heterocycles. The Kier molecular flexibility index (Phi) is 2.68. The van der Waals surface area contributed by atoms with Crippen LogP contribution in [0.25, 0.3) is 0 Å². The Morgan fingerprint density at radius 1 is 1.43 bits per heavy atom. The molecule has 0 radical (unpaired) electrons. The first-order valence-corrected chi connectivity index (χ1v) is 3.37. The summed E-state index contributed by atoms with van der Waals surface area (Å²) in [5.41, 5.74) is 2.24. The maximum atomic E-state index is 12.8. The summed E-state index contributed by atoms with van der Waals surface area (Å²) in [6.45, 7) is 0. The average Bonchev–Trinajstić information content (AvgIpc) is 2.08. The molecular formula is C7H4F4N2O. The number of carbonyl (C=O) groups is 1. The third-order valence-electron chi connectivity index (χ3n) is 1.46. The Bertz CT molecular complexity index is 380. The summed E-state index contributed by atoms with van der Waals surface area (Å²) in [4.78, 5) is 13.4. The smallest absolute Gasteiger partial charge is 0.281 e. The second kappa shape index (κ2) is 3.60. The van der Waals surface area contributed by atoms with Crippen molar-refractivity contribution in [1.29, 1.82) is 0 Å². The lowest BCUT2D eigenvalue weighted by atomic mass is 10.1. The predicted octanol–water partition coefficient (Wildman–Crippen LogP) is 1.40. The Balaban J connectivity index is 3.45. The van der Waals surface area contributed by atoms with Crippen LogP contribution >= 0.6 is 0 Å². The van der Waals surface area contributed by atoms with E-state index in [0.29, 0.717) is 0 Å². The van der Waals surface area contributed by atoms with Gasteiger partial charge in [0.15, 0.2) is 11.6 Å². The molecule has 14 heavy (non-hydrogen) atoms. The van der Waals surface area contributed by atoms with Crippen LogP contribution in [0.15, 0.2) is 6.20 Å². The highest BCUT2D eigenvalue weighted by Crippen LogP contribution is 2.23. The van der Waals surface area contributed by atoms with Crippen molar-refractivity contribution in [3.8, 4) is 0 Å². The van der Waals surface area contributed by atoms with Crippen molar-refractivity contribution in [1.82, 2.24) is 4.98 Å². The van der Waals surface area contributed by atoms with Gasteiger partial charge in [0.05, 0.1) is 6.20 Å². The highest BCUT2D eigenvalue weighted by Gasteiger charge is 2.24. The Labute approximate surface area is 75.5 Å². The van der Waals surface area contributed by atoms with Crippen LogP contribution in [-0.4, -0.2) is 10.9 Å². The van der Waals surface area contributed by atoms with Crippen LogP contribution in [-0.2, 0) is 0 Å². The van der Waals surface area contributed by atoms with E-state index in [-0.39, 0.29) is 6.20 Å². The number of nitrogens with zero attached hydrogens (tertiary/aromatic N) is 1. The van der Waals surface area contributed by atoms with Crippen molar-refractivity contribution < 1.29 is 22.4 Å². The lowest BCUT2D eigenvalue weighted by Gasteiger charge is -2.05. The molecule has 2 N–H and O–H groups in total. The lowest BCUT2D eigenvalue weighted by molar-refractivity contribution is 0.0975. The zero-order chi connectivity index (χ0) is 10.9. The molecule has 0 saturated carbocycles. The molecule has 0 spiro atoms. The van der Waals surface area contributed by atoms with E-state index in [4.69, 9.17) is 0 Å². The Morgan fingerprint density at radius 3 is 2.43 bits per heavy atom. The summed E-state index contributed by atoms with van der Waals surface area (Å²) in [7, 11) is 0. The van der Waals surface area contributed by atoms with Gasteiger partial charge in [0.2, 0.25) is 0 Å². The number of nitrogens with two attached hydrogens (primary N) is 1. The Hall–Kier alpha value is -1.66. The van der Waals surface area contributed by atoms with E-state index in [1.165, 1.54) is 0 Å². The van der Waals surface area contributed by atoms with Crippen LogP contribution in [0.3, 0.4) is 0 Å². The van der Waals surface area contributed by atoms with Crippen LogP contribution < -0.4 is 5.73 Å². The van der Waals surface area contributed by atoms with Crippen molar-refractivity contribution in [3.63, 3.8) is 0 Å². The fourth-order valence-electron chi connectivity index (χ4n) is 0.879. The number of primary amides is 1. The molecule has 0 aliphatic rings. The molecule has 0 bridgehead atoms. The maximum absolute atomic E-state index is 12.8. The second-order valence-electron chi connectivity index (χ2n) is 2.35. The van der Waals surface area contributed by atoms with Gasteiger partial charge in [-0.05, 0) is 0 Å². The van der Waals surface area contributed by atoms with Gasteiger partial charge >= 0.3 is 0 Å². The van der Waals surface area contributed by atoms with Crippen LogP contribution in [0, 0.1) is 11.6 Å². The molecule has 1 amide bonds. The van der Waals surface area contributed by atoms with Gasteiger partial charge in [0.1, 0.15) is 11.3 Å². The molecule has 3 nitrogen and oxygen atoms in total. The summed E-state index contributed by atoms with van der Waals surface area (Å²) in [6.07, 6.45) is -2.92. The fourth-order valence-corrected chi connectivity index (χ4v) is 0.879. The summed E-state index contributed by atoms with van der Waals surface area (Å²) < 4.78 is 49.6. The van der Waals surface area contributed by atoms with E-state index >= 15 is 0 Å². The molecule has 1 aromatic rings. The normalized spacial score (nSPS) is 10.6. The highest BCUT2D eigenvalue weighted by atomic mass is 19.3. The van der Waals surface area contributed by atoms with E-state index in [1.807, 2.05) is 0 Å². The average molecular weight is 208 g/mol. The summed E-state index contributed by atoms with van der Waals surface area (Å²) >= 11 is 0. The number of rotatable bonds is 2. The van der Waals surface area contributed by atoms with Gasteiger partial charge in [-0.15, -0.1) is 0 Å². The lowest BCUT2D eigenvalue weighted by Crippen LogP contribution is -2.18. The molecule has 0 aliphatic carbocycles. The van der Waals surface area contributed by atoms with Crippen LogP contribution in [0.5, 0.6) is 0 Å². The molecule has 0 aromatic carbocycles. The van der Waals surface area contributed by atoms with Gasteiger partial charge in [-0.25, -0.2) is 17.6 Å². The SMILES string of the molecule is NC(=O)c1c(C(F)F)ncc(F)c1F. The fraction of sp³-hybridized carbons (Fsp3) is 0.143. The summed E-state index contributed by atoms with van der Waals surface area (Å²) in [5.74, 6) is -4.68. The van der Waals surface area contributed by atoms with E-state index in [9.17, 15) is 22.4 Å². The van der Waals surface area contributed by atoms with Crippen LogP contribution in [0.2, 0.25) is 0 Å². The molecule has 0 atom stereocenters. The Morgan fingerprint density at radius 2 is 2.00 bits per heavy atom. The van der Waals surface area contributed by atoms with E-state index in [1.54, 1.807) is 0 Å². The summed E-state index contributed by atoms with van der Waals surface area (Å²) in [6, 6.07) is 0. The molecular weight excluding hydrogens is 204 g/mol. The third kappa shape index (κ3) is 1.66. The first kappa shape index (κ1) is 10.4. The van der Waals surface area contributed by atoms with Gasteiger partial charge in [-0.2, -0.15) is 0 Å². The van der Waals surface area contributed by atoms with Crippen molar-refractivity contribution >= 4 is 5.91 Å². The van der Waals surface area contributed by atoms with Crippen molar-refractivity contribution in [2.75, 3.05) is 0 Å². The zero-order valence-corrected chi connectivity index (χ0v) is 6.60. The van der Waals surface area contributed by atoms with Gasteiger partial charge in [-0.1, -0.05) is 0 Å². The number of amides is 1. The van der Waals surface area contributed by atoms with E-state index in [0.717, 1.165) is 0 Å². The zero-order valence-electron chi connectivity index (χ0n) is 6.60. The van der Waals surface area contributed by atoms with Crippen molar-refractivity contribution in [2.45, 2.75) is 6.43 Å². The third-order valence-corrected chi connectivity index (χ3v) is 1.46. The molecule has 7 heteroatoms. The van der Waals surface area contributed by atoms with Gasteiger partial charge in [0, 0.05) is 0 Å². The second-order valence-corrected chi connectivity index (χ2v) is 2.35. The maximum Gasteiger partial charge on any atom is 0.281 e. The standard InChI is InChI=1S/C7H4F4N2O/c8-2-1-13-5(6(10)11)3(4(2)9)7(12)14/h1,6H,(H2,12,14). The van der Waals surface area contributed by atoms with Gasteiger partial charge in [-0.3, -0.25) is 9.78 Å². The first-order chi connectivity index (χ1) is 6.45. The quantitative estimate of drug-likeness (QED) is 0.746. The molecule has 0 saturated heterocycles. The minimum absolute atomic E-state index is 0.267. The molecule has 76 valence electrons. The highest BCUT2D eigenvalue weighted by molar-refractivity contribution is 5.94. The van der Waals surface area contributed by atoms with E-state index < -0.39 is 35.2 Å². The number of carbonyl (C=O) groups excluding carboxylic acids is 1. The number of halogens is 4. The van der Waals surface area contributed by atoms with Gasteiger partial charge < -0.3 is 5.73 Å². The molecule has 1 aromatic heterocycles. The van der Waals surface area contributed by atoms with Crippen molar-refractivity contribution in [2.24, 2.45) is 5.73 Å². The number of hydrogen-bond acceptors (Lipinski definition) is 2. The van der Waals surface area contributed by atoms with Gasteiger partial charge in [0.25, 0.3) is 12.3 Å². The largest absolute Gasteiger partial charge is 0.365 e. The number of pyridine rings is 1. The van der Waals surface area contributed by atoms with Crippen LogP contribution in [0.4, 0.5) is 17.6 Å². The van der Waals surface area contributed by atoms with Crippen molar-refractivity contribution in [3.05, 3.63) is 29.1 Å². The predicted molar refractivity (Wildman–Crippen MR) is 37.6 cm³/mol. The van der Waals surface area contributed by atoms with Crippen LogP contribution in [0.1, 0.15) is 22.5 Å². The number of aromatic nitrogens is 1. The molecule has 0 unspecified atom stereocenters. The molecule has 0 fully saturated rings. The molecule has 0 aliphatic heterocycles. The summed E-state index contributed by atoms with van der Waals surface area (Å²) in [5, 5.41) is 0. The minimum Gasteiger partial charge on any atom is -0.365 e.